The number of hydrogen-bond acceptors (Lipinski definition) is 5. The summed E-state index contributed by atoms with van der Waals surface area (Å²) in [6, 6.07) is 12.7. The van der Waals surface area contributed by atoms with Crippen molar-refractivity contribution in [1.82, 2.24) is 5.43 Å². The summed E-state index contributed by atoms with van der Waals surface area (Å²) in [5.74, 6) is -0.157. The van der Waals surface area contributed by atoms with Crippen LogP contribution >= 0.6 is 0 Å². The van der Waals surface area contributed by atoms with Gasteiger partial charge in [0.2, 0.25) is 5.91 Å². The van der Waals surface area contributed by atoms with Gasteiger partial charge in [0.1, 0.15) is 5.75 Å². The van der Waals surface area contributed by atoms with Crippen LogP contribution in [-0.4, -0.2) is 22.2 Å². The SMILES string of the molecule is O=C(CCc1ccccc1O)NN=Cc1cccc([N+](=O)[O-])c1. The minimum absolute atomic E-state index is 0.0418. The number of carbonyl (C=O) groups is 1. The summed E-state index contributed by atoms with van der Waals surface area (Å²) in [6.45, 7) is 0. The minimum Gasteiger partial charge on any atom is -0.508 e. The van der Waals surface area contributed by atoms with Crippen molar-refractivity contribution in [1.29, 1.82) is 0 Å². The molecule has 0 unspecified atom stereocenters. The third-order valence-electron chi connectivity index (χ3n) is 3.10. The van der Waals surface area contributed by atoms with Gasteiger partial charge in [0.25, 0.3) is 5.69 Å². The van der Waals surface area contributed by atoms with E-state index in [2.05, 4.69) is 10.5 Å². The first kappa shape index (κ1) is 16.2. The number of para-hydroxylation sites is 1. The molecule has 0 aliphatic rings. The molecular formula is C16H15N3O4. The molecule has 0 aliphatic carbocycles. The normalized spacial score (nSPS) is 10.6. The first-order valence-corrected chi connectivity index (χ1v) is 6.89. The quantitative estimate of drug-likeness (QED) is 0.485. The lowest BCUT2D eigenvalue weighted by Crippen LogP contribution is -2.17. The number of benzene rings is 2. The van der Waals surface area contributed by atoms with Crippen molar-refractivity contribution in [2.45, 2.75) is 12.8 Å². The Morgan fingerprint density at radius 2 is 2.04 bits per heavy atom. The van der Waals surface area contributed by atoms with Crippen LogP contribution in [0.3, 0.4) is 0 Å². The second kappa shape index (κ2) is 7.69. The Morgan fingerprint density at radius 1 is 1.26 bits per heavy atom. The Balaban J connectivity index is 1.85. The standard InChI is InChI=1S/C16H15N3O4/c20-15-7-2-1-5-13(15)8-9-16(21)18-17-11-12-4-3-6-14(10-12)19(22)23/h1-7,10-11,20H,8-9H2,(H,18,21). The predicted molar refractivity (Wildman–Crippen MR) is 85.3 cm³/mol. The fourth-order valence-corrected chi connectivity index (χ4v) is 1.92. The Morgan fingerprint density at radius 3 is 2.78 bits per heavy atom. The number of non-ortho nitro benzene ring substituents is 1. The molecule has 0 atom stereocenters. The summed E-state index contributed by atoms with van der Waals surface area (Å²) in [7, 11) is 0. The van der Waals surface area contributed by atoms with Crippen molar-refractivity contribution in [3.8, 4) is 5.75 Å². The fraction of sp³-hybridized carbons (Fsp3) is 0.125. The molecule has 0 fully saturated rings. The molecule has 7 nitrogen and oxygen atoms in total. The number of aromatic hydroxyl groups is 1. The average molecular weight is 313 g/mol. The number of nitrogens with one attached hydrogen (secondary N) is 1. The second-order valence-corrected chi connectivity index (χ2v) is 4.77. The van der Waals surface area contributed by atoms with Crippen molar-refractivity contribution in [3.05, 3.63) is 69.8 Å². The van der Waals surface area contributed by atoms with Gasteiger partial charge in [0, 0.05) is 24.1 Å². The topological polar surface area (TPSA) is 105 Å². The smallest absolute Gasteiger partial charge is 0.270 e. The van der Waals surface area contributed by atoms with Crippen molar-refractivity contribution in [3.63, 3.8) is 0 Å². The zero-order chi connectivity index (χ0) is 16.7. The van der Waals surface area contributed by atoms with Crippen molar-refractivity contribution in [2.75, 3.05) is 0 Å². The number of phenolic OH excluding ortho intramolecular Hbond substituents is 1. The highest BCUT2D eigenvalue weighted by Gasteiger charge is 2.05. The number of nitro groups is 1. The molecule has 0 saturated carbocycles. The number of nitrogens with zero attached hydrogens (tertiary/aromatic N) is 2. The maximum atomic E-state index is 11.7. The third kappa shape index (κ3) is 4.92. The molecular weight excluding hydrogens is 298 g/mol. The monoisotopic (exact) mass is 313 g/mol. The molecule has 0 aliphatic heterocycles. The van der Waals surface area contributed by atoms with Crippen LogP contribution in [0.2, 0.25) is 0 Å². The lowest BCUT2D eigenvalue weighted by molar-refractivity contribution is -0.384. The van der Waals surface area contributed by atoms with E-state index >= 15 is 0 Å². The molecule has 2 aromatic rings. The van der Waals surface area contributed by atoms with Gasteiger partial charge in [-0.05, 0) is 18.1 Å². The first-order valence-electron chi connectivity index (χ1n) is 6.89. The molecule has 7 heteroatoms. The third-order valence-corrected chi connectivity index (χ3v) is 3.10. The highest BCUT2D eigenvalue weighted by atomic mass is 16.6. The van der Waals surface area contributed by atoms with E-state index < -0.39 is 4.92 Å². The van der Waals surface area contributed by atoms with E-state index in [0.717, 1.165) is 0 Å². The number of hydrogen-bond donors (Lipinski definition) is 2. The van der Waals surface area contributed by atoms with Gasteiger partial charge in [-0.15, -0.1) is 0 Å². The maximum absolute atomic E-state index is 11.7. The molecule has 2 aromatic carbocycles. The van der Waals surface area contributed by atoms with E-state index in [0.29, 0.717) is 17.5 Å². The molecule has 0 heterocycles. The zero-order valence-electron chi connectivity index (χ0n) is 12.2. The summed E-state index contributed by atoms with van der Waals surface area (Å²) in [4.78, 5) is 21.8. The number of rotatable bonds is 6. The number of hydrazone groups is 1. The predicted octanol–water partition coefficient (Wildman–Crippen LogP) is 2.38. The van der Waals surface area contributed by atoms with Crippen LogP contribution in [0.5, 0.6) is 5.75 Å². The van der Waals surface area contributed by atoms with Crippen LogP contribution in [0.1, 0.15) is 17.5 Å². The Labute approximate surface area is 132 Å². The van der Waals surface area contributed by atoms with Crippen LogP contribution < -0.4 is 5.43 Å². The van der Waals surface area contributed by atoms with Gasteiger partial charge in [0.05, 0.1) is 11.1 Å². The summed E-state index contributed by atoms with van der Waals surface area (Å²) in [5, 5.41) is 24.0. The molecule has 118 valence electrons. The number of nitro benzene ring substituents is 1. The van der Waals surface area contributed by atoms with Crippen LogP contribution in [0.15, 0.2) is 53.6 Å². The van der Waals surface area contributed by atoms with Crippen molar-refractivity contribution in [2.24, 2.45) is 5.10 Å². The van der Waals surface area contributed by atoms with E-state index in [1.807, 2.05) is 0 Å². The van der Waals surface area contributed by atoms with Crippen LogP contribution in [-0.2, 0) is 11.2 Å². The minimum atomic E-state index is -0.498. The zero-order valence-corrected chi connectivity index (χ0v) is 12.2. The molecule has 0 bridgehead atoms. The van der Waals surface area contributed by atoms with E-state index in [9.17, 15) is 20.0 Å². The van der Waals surface area contributed by atoms with E-state index in [1.54, 1.807) is 36.4 Å². The van der Waals surface area contributed by atoms with Crippen LogP contribution in [0.25, 0.3) is 0 Å². The molecule has 1 amide bonds. The van der Waals surface area contributed by atoms with Gasteiger partial charge in [-0.3, -0.25) is 14.9 Å². The summed E-state index contributed by atoms with van der Waals surface area (Å²) in [5.41, 5.74) is 3.51. The Kier molecular flexibility index (Phi) is 5.40. The van der Waals surface area contributed by atoms with Gasteiger partial charge in [-0.25, -0.2) is 5.43 Å². The van der Waals surface area contributed by atoms with Gasteiger partial charge in [-0.2, -0.15) is 5.10 Å². The highest BCUT2D eigenvalue weighted by Crippen LogP contribution is 2.17. The van der Waals surface area contributed by atoms with E-state index in [1.165, 1.54) is 18.3 Å². The van der Waals surface area contributed by atoms with Gasteiger partial charge >= 0.3 is 0 Å². The second-order valence-electron chi connectivity index (χ2n) is 4.77. The Hall–Kier alpha value is -3.22. The summed E-state index contributed by atoms with van der Waals surface area (Å²) in [6.07, 6.45) is 1.90. The number of amides is 1. The van der Waals surface area contributed by atoms with Crippen LogP contribution in [0.4, 0.5) is 5.69 Å². The molecule has 2 N–H and O–H groups in total. The largest absolute Gasteiger partial charge is 0.508 e. The van der Waals surface area contributed by atoms with Crippen LogP contribution in [0, 0.1) is 10.1 Å². The number of carbonyl (C=O) groups excluding carboxylic acids is 1. The fourth-order valence-electron chi connectivity index (χ4n) is 1.92. The number of phenols is 1. The first-order chi connectivity index (χ1) is 11.1. The van der Waals surface area contributed by atoms with E-state index in [4.69, 9.17) is 0 Å². The molecule has 0 radical (unpaired) electrons. The molecule has 2 rings (SSSR count). The number of aryl methyl sites for hydroxylation is 1. The molecule has 0 saturated heterocycles. The lowest BCUT2D eigenvalue weighted by atomic mass is 10.1. The van der Waals surface area contributed by atoms with Crippen molar-refractivity contribution >= 4 is 17.8 Å². The van der Waals surface area contributed by atoms with Crippen molar-refractivity contribution < 1.29 is 14.8 Å². The Bertz CT molecular complexity index is 744. The van der Waals surface area contributed by atoms with Gasteiger partial charge < -0.3 is 5.11 Å². The summed E-state index contributed by atoms with van der Waals surface area (Å²) < 4.78 is 0. The summed E-state index contributed by atoms with van der Waals surface area (Å²) >= 11 is 0. The van der Waals surface area contributed by atoms with Gasteiger partial charge in [-0.1, -0.05) is 30.3 Å². The molecule has 0 aromatic heterocycles. The lowest BCUT2D eigenvalue weighted by Gasteiger charge is -2.03. The maximum Gasteiger partial charge on any atom is 0.270 e. The molecule has 0 spiro atoms. The van der Waals surface area contributed by atoms with E-state index in [-0.39, 0.29) is 23.8 Å². The highest BCUT2D eigenvalue weighted by molar-refractivity contribution is 5.83. The van der Waals surface area contributed by atoms with Gasteiger partial charge in [0.15, 0.2) is 0 Å². The molecule has 23 heavy (non-hydrogen) atoms. The average Bonchev–Trinajstić information content (AvgIpc) is 2.54.